The molecule has 0 atom stereocenters. The molecular formula is C14H21BrN2OS. The number of likely N-dealkylation sites (tertiary alicyclic amines) is 1. The zero-order chi connectivity index (χ0) is 13.8. The zero-order valence-corrected chi connectivity index (χ0v) is 13.9. The average Bonchev–Trinajstić information content (AvgIpc) is 2.82. The first-order valence-corrected chi connectivity index (χ1v) is 8.43. The minimum absolute atomic E-state index is 0.118. The van der Waals surface area contributed by atoms with Crippen molar-refractivity contribution in [1.29, 1.82) is 0 Å². The monoisotopic (exact) mass is 344 g/mol. The molecular weight excluding hydrogens is 324 g/mol. The minimum atomic E-state index is 0.118. The molecule has 0 bridgehead atoms. The lowest BCUT2D eigenvalue weighted by atomic mass is 10.0. The van der Waals surface area contributed by atoms with Crippen LogP contribution in [0.15, 0.2) is 15.9 Å². The van der Waals surface area contributed by atoms with Crippen molar-refractivity contribution >= 4 is 33.2 Å². The molecule has 1 aliphatic heterocycles. The summed E-state index contributed by atoms with van der Waals surface area (Å²) in [5.41, 5.74) is 0. The van der Waals surface area contributed by atoms with E-state index in [1.54, 1.807) is 11.3 Å². The van der Waals surface area contributed by atoms with Crippen molar-refractivity contribution in [2.45, 2.75) is 39.3 Å². The number of hydrogen-bond donors (Lipinski definition) is 1. The van der Waals surface area contributed by atoms with Gasteiger partial charge in [0.05, 0.1) is 3.79 Å². The van der Waals surface area contributed by atoms with Crippen LogP contribution in [0.3, 0.4) is 0 Å². The van der Waals surface area contributed by atoms with Gasteiger partial charge in [0.2, 0.25) is 5.91 Å². The van der Waals surface area contributed by atoms with Crippen molar-refractivity contribution in [2.24, 2.45) is 5.92 Å². The lowest BCUT2D eigenvalue weighted by Crippen LogP contribution is -2.45. The summed E-state index contributed by atoms with van der Waals surface area (Å²) in [4.78, 5) is 15.2. The lowest BCUT2D eigenvalue weighted by molar-refractivity contribution is -0.135. The van der Waals surface area contributed by atoms with Gasteiger partial charge in [0.1, 0.15) is 0 Å². The molecule has 19 heavy (non-hydrogen) atoms. The van der Waals surface area contributed by atoms with Crippen LogP contribution in [-0.4, -0.2) is 29.9 Å². The molecule has 0 unspecified atom stereocenters. The Morgan fingerprint density at radius 3 is 2.68 bits per heavy atom. The molecule has 1 saturated heterocycles. The molecule has 1 fully saturated rings. The molecule has 3 nitrogen and oxygen atoms in total. The van der Waals surface area contributed by atoms with Gasteiger partial charge in [-0.3, -0.25) is 4.79 Å². The van der Waals surface area contributed by atoms with Crippen LogP contribution >= 0.6 is 27.3 Å². The van der Waals surface area contributed by atoms with Crippen molar-refractivity contribution in [1.82, 2.24) is 10.2 Å². The Bertz CT molecular complexity index is 425. The summed E-state index contributed by atoms with van der Waals surface area (Å²) in [7, 11) is 0. The number of thiophene rings is 1. The molecule has 106 valence electrons. The SMILES string of the molecule is CC(C)C(=O)N1CCC(NCc2ccc(Br)s2)CC1. The molecule has 0 spiro atoms. The second-order valence-electron chi connectivity index (χ2n) is 5.34. The topological polar surface area (TPSA) is 32.3 Å². The van der Waals surface area contributed by atoms with E-state index in [1.807, 2.05) is 18.7 Å². The van der Waals surface area contributed by atoms with Gasteiger partial charge in [0, 0.05) is 36.5 Å². The molecule has 1 aromatic heterocycles. The molecule has 0 aliphatic carbocycles. The number of carbonyl (C=O) groups excluding carboxylic acids is 1. The lowest BCUT2D eigenvalue weighted by Gasteiger charge is -2.33. The van der Waals surface area contributed by atoms with Crippen LogP contribution in [0.1, 0.15) is 31.6 Å². The van der Waals surface area contributed by atoms with E-state index in [2.05, 4.69) is 33.4 Å². The second-order valence-corrected chi connectivity index (χ2v) is 7.89. The fourth-order valence-electron chi connectivity index (χ4n) is 2.36. The number of nitrogens with zero attached hydrogens (tertiary/aromatic N) is 1. The van der Waals surface area contributed by atoms with Gasteiger partial charge in [0.15, 0.2) is 0 Å². The molecule has 5 heteroatoms. The fourth-order valence-corrected chi connectivity index (χ4v) is 3.79. The summed E-state index contributed by atoms with van der Waals surface area (Å²) in [5, 5.41) is 3.59. The van der Waals surface area contributed by atoms with Crippen molar-refractivity contribution in [3.05, 3.63) is 20.8 Å². The van der Waals surface area contributed by atoms with Gasteiger partial charge >= 0.3 is 0 Å². The molecule has 0 radical (unpaired) electrons. The highest BCUT2D eigenvalue weighted by atomic mass is 79.9. The third kappa shape index (κ3) is 4.29. The number of rotatable bonds is 4. The standard InChI is InChI=1S/C14H21BrN2OS/c1-10(2)14(18)17-7-5-11(6-8-17)16-9-12-3-4-13(15)19-12/h3-4,10-11,16H,5-9H2,1-2H3. The molecule has 2 heterocycles. The van der Waals surface area contributed by atoms with Gasteiger partial charge < -0.3 is 10.2 Å². The van der Waals surface area contributed by atoms with E-state index in [9.17, 15) is 4.79 Å². The maximum Gasteiger partial charge on any atom is 0.225 e. The van der Waals surface area contributed by atoms with Gasteiger partial charge in [-0.1, -0.05) is 13.8 Å². The molecule has 1 aromatic rings. The van der Waals surface area contributed by atoms with E-state index in [0.29, 0.717) is 11.9 Å². The van der Waals surface area contributed by atoms with E-state index in [4.69, 9.17) is 0 Å². The summed E-state index contributed by atoms with van der Waals surface area (Å²) < 4.78 is 1.18. The van der Waals surface area contributed by atoms with Crippen LogP contribution < -0.4 is 5.32 Å². The van der Waals surface area contributed by atoms with Gasteiger partial charge in [0.25, 0.3) is 0 Å². The number of halogens is 1. The first-order chi connectivity index (χ1) is 9.06. The number of amides is 1. The first kappa shape index (κ1) is 15.0. The largest absolute Gasteiger partial charge is 0.342 e. The highest BCUT2D eigenvalue weighted by Crippen LogP contribution is 2.22. The molecule has 2 rings (SSSR count). The average molecular weight is 345 g/mol. The van der Waals surface area contributed by atoms with Crippen LogP contribution in [0.2, 0.25) is 0 Å². The smallest absolute Gasteiger partial charge is 0.225 e. The van der Waals surface area contributed by atoms with E-state index in [1.165, 1.54) is 8.66 Å². The van der Waals surface area contributed by atoms with Crippen molar-refractivity contribution in [3.63, 3.8) is 0 Å². The summed E-state index contributed by atoms with van der Waals surface area (Å²) in [6.45, 7) is 6.66. The fraction of sp³-hybridized carbons (Fsp3) is 0.643. The molecule has 1 aliphatic rings. The Labute approximate surface area is 127 Å². The van der Waals surface area contributed by atoms with E-state index >= 15 is 0 Å². The minimum Gasteiger partial charge on any atom is -0.342 e. The highest BCUT2D eigenvalue weighted by Gasteiger charge is 2.23. The van der Waals surface area contributed by atoms with E-state index in [0.717, 1.165) is 32.5 Å². The summed E-state index contributed by atoms with van der Waals surface area (Å²) in [6, 6.07) is 4.78. The van der Waals surface area contributed by atoms with Crippen LogP contribution in [-0.2, 0) is 11.3 Å². The summed E-state index contributed by atoms with van der Waals surface area (Å²) in [5.74, 6) is 0.411. The van der Waals surface area contributed by atoms with Crippen molar-refractivity contribution in [2.75, 3.05) is 13.1 Å². The third-order valence-corrected chi connectivity index (χ3v) is 5.12. The van der Waals surface area contributed by atoms with Gasteiger partial charge in [-0.25, -0.2) is 0 Å². The number of piperidine rings is 1. The maximum atomic E-state index is 11.9. The first-order valence-electron chi connectivity index (χ1n) is 6.82. The molecule has 1 N–H and O–H groups in total. The van der Waals surface area contributed by atoms with Crippen LogP contribution in [0.5, 0.6) is 0 Å². The third-order valence-electron chi connectivity index (χ3n) is 3.49. The van der Waals surface area contributed by atoms with E-state index in [-0.39, 0.29) is 5.92 Å². The summed E-state index contributed by atoms with van der Waals surface area (Å²) in [6.07, 6.45) is 2.12. The number of hydrogen-bond acceptors (Lipinski definition) is 3. The Kier molecular flexibility index (Phi) is 5.42. The zero-order valence-electron chi connectivity index (χ0n) is 11.5. The second kappa shape index (κ2) is 6.86. The van der Waals surface area contributed by atoms with Gasteiger partial charge in [-0.05, 0) is 40.9 Å². The molecule has 1 amide bonds. The van der Waals surface area contributed by atoms with Crippen LogP contribution in [0.25, 0.3) is 0 Å². The normalized spacial score (nSPS) is 17.2. The highest BCUT2D eigenvalue weighted by molar-refractivity contribution is 9.11. The van der Waals surface area contributed by atoms with Crippen LogP contribution in [0, 0.1) is 5.92 Å². The Morgan fingerprint density at radius 1 is 1.47 bits per heavy atom. The Balaban J connectivity index is 1.73. The maximum absolute atomic E-state index is 11.9. The molecule has 0 aromatic carbocycles. The van der Waals surface area contributed by atoms with Crippen molar-refractivity contribution in [3.8, 4) is 0 Å². The van der Waals surface area contributed by atoms with Gasteiger partial charge in [-0.2, -0.15) is 0 Å². The molecule has 0 saturated carbocycles. The Hall–Kier alpha value is -0.390. The predicted octanol–water partition coefficient (Wildman–Crippen LogP) is 3.25. The number of carbonyl (C=O) groups is 1. The van der Waals surface area contributed by atoms with Crippen LogP contribution in [0.4, 0.5) is 0 Å². The quantitative estimate of drug-likeness (QED) is 0.909. The predicted molar refractivity (Wildman–Crippen MR) is 83.3 cm³/mol. The van der Waals surface area contributed by atoms with E-state index < -0.39 is 0 Å². The van der Waals surface area contributed by atoms with Gasteiger partial charge in [-0.15, -0.1) is 11.3 Å². The summed E-state index contributed by atoms with van der Waals surface area (Å²) >= 11 is 5.26. The Morgan fingerprint density at radius 2 is 2.16 bits per heavy atom. The number of nitrogens with one attached hydrogen (secondary N) is 1. The van der Waals surface area contributed by atoms with Crippen molar-refractivity contribution < 1.29 is 4.79 Å².